The average Bonchev–Trinajstić information content (AvgIpc) is 2.19. The van der Waals surface area contributed by atoms with Crippen LogP contribution in [0, 0.1) is 6.92 Å². The number of aromatic nitrogens is 1. The Kier molecular flexibility index (Phi) is 4.05. The van der Waals surface area contributed by atoms with Gasteiger partial charge in [0.25, 0.3) is 0 Å². The zero-order valence-corrected chi connectivity index (χ0v) is 8.99. The molecule has 0 atom stereocenters. The molecule has 0 aromatic carbocycles. The predicted octanol–water partition coefficient (Wildman–Crippen LogP) is 2.78. The molecule has 0 aliphatic rings. The van der Waals surface area contributed by atoms with Crippen LogP contribution in [0.1, 0.15) is 25.1 Å². The van der Waals surface area contributed by atoms with Crippen LogP contribution >= 0.6 is 0 Å². The zero-order chi connectivity index (χ0) is 10.4. The van der Waals surface area contributed by atoms with Crippen LogP contribution in [-0.4, -0.2) is 17.2 Å². The van der Waals surface area contributed by atoms with Crippen LogP contribution in [0.3, 0.4) is 0 Å². The largest absolute Gasteiger partial charge is 0.283 e. The lowest BCUT2D eigenvalue weighted by atomic mass is 10.2. The van der Waals surface area contributed by atoms with Crippen molar-refractivity contribution in [3.63, 3.8) is 0 Å². The fourth-order valence-electron chi connectivity index (χ4n) is 1.17. The third-order valence-corrected chi connectivity index (χ3v) is 1.83. The highest BCUT2D eigenvalue weighted by Gasteiger charge is 1.99. The molecule has 0 bridgehead atoms. The fraction of sp³-hybridized carbons (Fsp3) is 0.333. The second kappa shape index (κ2) is 5.32. The molecule has 0 amide bonds. The van der Waals surface area contributed by atoms with Gasteiger partial charge in [0.1, 0.15) is 0 Å². The Morgan fingerprint density at radius 1 is 1.50 bits per heavy atom. The summed E-state index contributed by atoms with van der Waals surface area (Å²) in [7, 11) is 0. The minimum atomic E-state index is 0.787. The van der Waals surface area contributed by atoms with Crippen molar-refractivity contribution in [1.29, 1.82) is 0 Å². The lowest BCUT2D eigenvalue weighted by Crippen LogP contribution is -2.00. The van der Waals surface area contributed by atoms with Gasteiger partial charge in [-0.05, 0) is 38.5 Å². The van der Waals surface area contributed by atoms with E-state index in [9.17, 15) is 0 Å². The van der Waals surface area contributed by atoms with E-state index in [4.69, 9.17) is 0 Å². The SMILES string of the molecule is C/C=C\C(=NCC)c1ccc(C)cn1. The van der Waals surface area contributed by atoms with Crippen LogP contribution in [0.4, 0.5) is 0 Å². The monoisotopic (exact) mass is 188 g/mol. The van der Waals surface area contributed by atoms with Gasteiger partial charge in [-0.3, -0.25) is 9.98 Å². The minimum absolute atomic E-state index is 0.787. The summed E-state index contributed by atoms with van der Waals surface area (Å²) in [5.41, 5.74) is 3.07. The van der Waals surface area contributed by atoms with E-state index in [-0.39, 0.29) is 0 Å². The van der Waals surface area contributed by atoms with Gasteiger partial charge in [0.15, 0.2) is 0 Å². The Labute approximate surface area is 85.4 Å². The molecule has 1 aromatic rings. The average molecular weight is 188 g/mol. The minimum Gasteiger partial charge on any atom is -0.283 e. The van der Waals surface area contributed by atoms with Crippen molar-refractivity contribution in [2.75, 3.05) is 6.54 Å². The lowest BCUT2D eigenvalue weighted by Gasteiger charge is -2.00. The van der Waals surface area contributed by atoms with Crippen molar-refractivity contribution in [3.8, 4) is 0 Å². The number of pyridine rings is 1. The van der Waals surface area contributed by atoms with Gasteiger partial charge in [0, 0.05) is 12.7 Å². The summed E-state index contributed by atoms with van der Waals surface area (Å²) in [5, 5.41) is 0. The molecular weight excluding hydrogens is 172 g/mol. The number of allylic oxidation sites excluding steroid dienone is 2. The van der Waals surface area contributed by atoms with Gasteiger partial charge < -0.3 is 0 Å². The number of hydrogen-bond donors (Lipinski definition) is 0. The summed E-state index contributed by atoms with van der Waals surface area (Å²) in [5.74, 6) is 0. The van der Waals surface area contributed by atoms with Gasteiger partial charge in [-0.15, -0.1) is 0 Å². The summed E-state index contributed by atoms with van der Waals surface area (Å²) < 4.78 is 0. The van der Waals surface area contributed by atoms with Crippen molar-refractivity contribution < 1.29 is 0 Å². The smallest absolute Gasteiger partial charge is 0.0881 e. The number of aryl methyl sites for hydroxylation is 1. The molecular formula is C12H16N2. The first-order valence-corrected chi connectivity index (χ1v) is 4.88. The van der Waals surface area contributed by atoms with Crippen LogP contribution in [0.2, 0.25) is 0 Å². The first kappa shape index (κ1) is 10.6. The molecule has 0 saturated heterocycles. The predicted molar refractivity (Wildman–Crippen MR) is 60.9 cm³/mol. The van der Waals surface area contributed by atoms with E-state index in [0.29, 0.717) is 0 Å². The molecule has 0 saturated carbocycles. The Morgan fingerprint density at radius 2 is 2.29 bits per heavy atom. The van der Waals surface area contributed by atoms with Gasteiger partial charge in [-0.2, -0.15) is 0 Å². The summed E-state index contributed by atoms with van der Waals surface area (Å²) in [6.45, 7) is 6.83. The summed E-state index contributed by atoms with van der Waals surface area (Å²) in [6.07, 6.45) is 5.83. The highest BCUT2D eigenvalue weighted by atomic mass is 14.8. The van der Waals surface area contributed by atoms with E-state index in [1.54, 1.807) is 0 Å². The first-order chi connectivity index (χ1) is 6.77. The van der Waals surface area contributed by atoms with Gasteiger partial charge in [-0.25, -0.2) is 0 Å². The topological polar surface area (TPSA) is 25.2 Å². The maximum atomic E-state index is 4.38. The molecule has 0 unspecified atom stereocenters. The molecule has 0 aliphatic carbocycles. The van der Waals surface area contributed by atoms with Crippen LogP contribution < -0.4 is 0 Å². The molecule has 0 spiro atoms. The number of rotatable bonds is 3. The Morgan fingerprint density at radius 3 is 2.79 bits per heavy atom. The van der Waals surface area contributed by atoms with E-state index < -0.39 is 0 Å². The maximum absolute atomic E-state index is 4.38. The quantitative estimate of drug-likeness (QED) is 0.669. The summed E-state index contributed by atoms with van der Waals surface area (Å²) >= 11 is 0. The van der Waals surface area contributed by atoms with Gasteiger partial charge >= 0.3 is 0 Å². The van der Waals surface area contributed by atoms with Crippen molar-refractivity contribution >= 4 is 5.71 Å². The third-order valence-electron chi connectivity index (χ3n) is 1.83. The summed E-state index contributed by atoms with van der Waals surface area (Å²) in [4.78, 5) is 8.71. The standard InChI is InChI=1S/C12H16N2/c1-4-6-11(13-5-2)12-8-7-10(3)9-14-12/h4,6-9H,5H2,1-3H3/b6-4-,13-11?. The Bertz CT molecular complexity index is 334. The second-order valence-corrected chi connectivity index (χ2v) is 3.08. The zero-order valence-electron chi connectivity index (χ0n) is 8.99. The fourth-order valence-corrected chi connectivity index (χ4v) is 1.17. The van der Waals surface area contributed by atoms with Crippen LogP contribution in [0.25, 0.3) is 0 Å². The molecule has 2 nitrogen and oxygen atoms in total. The molecule has 0 fully saturated rings. The molecule has 0 aliphatic heterocycles. The van der Waals surface area contributed by atoms with Crippen molar-refractivity contribution in [3.05, 3.63) is 41.7 Å². The molecule has 0 N–H and O–H groups in total. The van der Waals surface area contributed by atoms with Gasteiger partial charge in [-0.1, -0.05) is 12.1 Å². The van der Waals surface area contributed by atoms with Crippen molar-refractivity contribution in [2.24, 2.45) is 4.99 Å². The normalized spacial score (nSPS) is 12.4. The molecule has 74 valence electrons. The molecule has 1 rings (SSSR count). The third kappa shape index (κ3) is 2.80. The van der Waals surface area contributed by atoms with E-state index >= 15 is 0 Å². The van der Waals surface area contributed by atoms with Crippen LogP contribution in [0.5, 0.6) is 0 Å². The molecule has 2 heteroatoms. The van der Waals surface area contributed by atoms with Gasteiger partial charge in [0.05, 0.1) is 11.4 Å². The van der Waals surface area contributed by atoms with Crippen molar-refractivity contribution in [2.45, 2.75) is 20.8 Å². The molecule has 14 heavy (non-hydrogen) atoms. The van der Waals surface area contributed by atoms with Crippen LogP contribution in [0.15, 0.2) is 35.5 Å². The molecule has 0 radical (unpaired) electrons. The number of nitrogens with zero attached hydrogens (tertiary/aromatic N) is 2. The van der Waals surface area contributed by atoms with E-state index in [0.717, 1.165) is 18.0 Å². The van der Waals surface area contributed by atoms with E-state index in [2.05, 4.69) is 16.0 Å². The van der Waals surface area contributed by atoms with Crippen LogP contribution in [-0.2, 0) is 0 Å². The second-order valence-electron chi connectivity index (χ2n) is 3.08. The Hall–Kier alpha value is -1.44. The lowest BCUT2D eigenvalue weighted by molar-refractivity contribution is 1.12. The van der Waals surface area contributed by atoms with Crippen molar-refractivity contribution in [1.82, 2.24) is 4.98 Å². The van der Waals surface area contributed by atoms with E-state index in [1.165, 1.54) is 5.56 Å². The summed E-state index contributed by atoms with van der Waals surface area (Å²) in [6, 6.07) is 4.06. The van der Waals surface area contributed by atoms with Gasteiger partial charge in [0.2, 0.25) is 0 Å². The first-order valence-electron chi connectivity index (χ1n) is 4.88. The molecule has 1 aromatic heterocycles. The highest BCUT2D eigenvalue weighted by molar-refractivity contribution is 6.07. The maximum Gasteiger partial charge on any atom is 0.0881 e. The van der Waals surface area contributed by atoms with E-state index in [1.807, 2.05) is 45.2 Å². The number of aliphatic imine (C=N–C) groups is 1. The molecule has 1 heterocycles. The highest BCUT2D eigenvalue weighted by Crippen LogP contribution is 2.02. The Balaban J connectivity index is 3.00. The number of hydrogen-bond acceptors (Lipinski definition) is 2.